The maximum atomic E-state index is 13.4. The molecule has 0 saturated carbocycles. The van der Waals surface area contributed by atoms with Crippen molar-refractivity contribution in [1.82, 2.24) is 0 Å². The number of carbonyl (C=O) groups is 1. The smallest absolute Gasteiger partial charge is 0.243 e. The Balaban J connectivity index is 2.00. The molecule has 1 amide bonds. The van der Waals surface area contributed by atoms with Crippen LogP contribution < -0.4 is 10.6 Å². The molecule has 22 heavy (non-hydrogen) atoms. The molecule has 0 aliphatic carbocycles. The van der Waals surface area contributed by atoms with Gasteiger partial charge in [-0.05, 0) is 29.8 Å². The van der Waals surface area contributed by atoms with Crippen LogP contribution >= 0.6 is 11.6 Å². The number of aliphatic hydroxyl groups excluding tert-OH is 1. The summed E-state index contributed by atoms with van der Waals surface area (Å²) in [6, 6.07) is 7.61. The highest BCUT2D eigenvalue weighted by Crippen LogP contribution is 2.23. The van der Waals surface area contributed by atoms with E-state index in [2.05, 4.69) is 10.6 Å². The Kier molecular flexibility index (Phi) is 5.30. The highest BCUT2D eigenvalue weighted by Gasteiger charge is 2.09. The number of rotatable bonds is 5. The number of halogens is 3. The lowest BCUT2D eigenvalue weighted by Gasteiger charge is -2.11. The minimum absolute atomic E-state index is 0.160. The number of anilines is 2. The van der Waals surface area contributed by atoms with Crippen molar-refractivity contribution in [3.8, 4) is 0 Å². The Morgan fingerprint density at radius 2 is 1.91 bits per heavy atom. The van der Waals surface area contributed by atoms with Crippen LogP contribution in [0.4, 0.5) is 20.2 Å². The van der Waals surface area contributed by atoms with Crippen LogP contribution in [0.3, 0.4) is 0 Å². The fourth-order valence-corrected chi connectivity index (χ4v) is 1.95. The summed E-state index contributed by atoms with van der Waals surface area (Å²) >= 11 is 5.96. The maximum Gasteiger partial charge on any atom is 0.243 e. The van der Waals surface area contributed by atoms with Crippen LogP contribution in [0.5, 0.6) is 0 Å². The van der Waals surface area contributed by atoms with Crippen LogP contribution in [0.2, 0.25) is 5.02 Å². The number of aliphatic hydroxyl groups is 1. The van der Waals surface area contributed by atoms with E-state index in [9.17, 15) is 13.6 Å². The molecule has 0 heterocycles. The summed E-state index contributed by atoms with van der Waals surface area (Å²) < 4.78 is 26.4. The van der Waals surface area contributed by atoms with Gasteiger partial charge in [0.1, 0.15) is 11.6 Å². The molecule has 0 atom stereocenters. The summed E-state index contributed by atoms with van der Waals surface area (Å²) in [6.07, 6.45) is 0. The topological polar surface area (TPSA) is 61.4 Å². The van der Waals surface area contributed by atoms with Gasteiger partial charge in [-0.3, -0.25) is 4.79 Å². The fourth-order valence-electron chi connectivity index (χ4n) is 1.77. The van der Waals surface area contributed by atoms with Crippen LogP contribution in [-0.2, 0) is 11.4 Å². The summed E-state index contributed by atoms with van der Waals surface area (Å²) in [7, 11) is 0. The zero-order valence-corrected chi connectivity index (χ0v) is 12.1. The molecule has 0 unspecified atom stereocenters. The van der Waals surface area contributed by atoms with E-state index in [-0.39, 0.29) is 18.8 Å². The van der Waals surface area contributed by atoms with Crippen molar-refractivity contribution < 1.29 is 18.7 Å². The zero-order chi connectivity index (χ0) is 16.1. The molecule has 0 spiro atoms. The lowest BCUT2D eigenvalue weighted by Crippen LogP contribution is -2.22. The summed E-state index contributed by atoms with van der Waals surface area (Å²) in [6.45, 7) is -0.350. The van der Waals surface area contributed by atoms with Gasteiger partial charge in [0.2, 0.25) is 5.91 Å². The quantitative estimate of drug-likeness (QED) is 0.791. The first-order valence-electron chi connectivity index (χ1n) is 6.37. The molecule has 0 aliphatic heterocycles. The first-order valence-corrected chi connectivity index (χ1v) is 6.75. The van der Waals surface area contributed by atoms with Crippen molar-refractivity contribution in [2.75, 3.05) is 17.2 Å². The normalized spacial score (nSPS) is 10.4. The first-order chi connectivity index (χ1) is 10.5. The van der Waals surface area contributed by atoms with E-state index in [0.29, 0.717) is 16.3 Å². The molecule has 3 N–H and O–H groups in total. The predicted molar refractivity (Wildman–Crippen MR) is 80.9 cm³/mol. The van der Waals surface area contributed by atoms with E-state index in [1.54, 1.807) is 18.2 Å². The average Bonchev–Trinajstić information content (AvgIpc) is 2.50. The average molecular weight is 327 g/mol. The van der Waals surface area contributed by atoms with Gasteiger partial charge in [-0.25, -0.2) is 8.78 Å². The Labute approximate surface area is 130 Å². The lowest BCUT2D eigenvalue weighted by molar-refractivity contribution is -0.114. The van der Waals surface area contributed by atoms with E-state index in [1.807, 2.05) is 0 Å². The first kappa shape index (κ1) is 16.2. The van der Waals surface area contributed by atoms with Crippen LogP contribution in [0, 0.1) is 11.6 Å². The number of amides is 1. The minimum atomic E-state index is -0.727. The molecule has 0 aliphatic rings. The van der Waals surface area contributed by atoms with Crippen molar-refractivity contribution >= 4 is 28.9 Å². The Morgan fingerprint density at radius 1 is 1.14 bits per heavy atom. The maximum absolute atomic E-state index is 13.4. The predicted octanol–water partition coefficient (Wildman–Crippen LogP) is 3.16. The summed E-state index contributed by atoms with van der Waals surface area (Å²) in [4.78, 5) is 11.8. The largest absolute Gasteiger partial charge is 0.392 e. The molecular weight excluding hydrogens is 314 g/mol. The zero-order valence-electron chi connectivity index (χ0n) is 11.4. The van der Waals surface area contributed by atoms with Crippen molar-refractivity contribution in [3.63, 3.8) is 0 Å². The second kappa shape index (κ2) is 7.20. The van der Waals surface area contributed by atoms with E-state index < -0.39 is 17.5 Å². The molecule has 4 nitrogen and oxygen atoms in total. The molecule has 0 bridgehead atoms. The van der Waals surface area contributed by atoms with E-state index >= 15 is 0 Å². The van der Waals surface area contributed by atoms with Crippen molar-refractivity contribution in [2.45, 2.75) is 6.61 Å². The SMILES string of the molecule is O=C(CNc1cc(CO)ccc1Cl)Nc1cc(F)ccc1F. The molecule has 2 aromatic carbocycles. The standard InChI is InChI=1S/C15H13ClF2N2O2/c16-11-3-1-9(8-21)5-13(11)19-7-15(22)20-14-6-10(17)2-4-12(14)18/h1-6,19,21H,7-8H2,(H,20,22). The van der Waals surface area contributed by atoms with Crippen molar-refractivity contribution in [3.05, 3.63) is 58.6 Å². The molecular formula is C15H13ClF2N2O2. The lowest BCUT2D eigenvalue weighted by atomic mass is 10.2. The van der Waals surface area contributed by atoms with Gasteiger partial charge in [0.05, 0.1) is 29.5 Å². The van der Waals surface area contributed by atoms with Crippen LogP contribution in [0.1, 0.15) is 5.56 Å². The van der Waals surface area contributed by atoms with Crippen molar-refractivity contribution in [1.29, 1.82) is 0 Å². The van der Waals surface area contributed by atoms with Gasteiger partial charge in [-0.15, -0.1) is 0 Å². The Hall–Kier alpha value is -2.18. The van der Waals surface area contributed by atoms with E-state index in [0.717, 1.165) is 18.2 Å². The number of hydrogen-bond donors (Lipinski definition) is 3. The minimum Gasteiger partial charge on any atom is -0.392 e. The van der Waals surface area contributed by atoms with E-state index in [1.165, 1.54) is 0 Å². The van der Waals surface area contributed by atoms with Crippen LogP contribution in [0.25, 0.3) is 0 Å². The van der Waals surface area contributed by atoms with Gasteiger partial charge >= 0.3 is 0 Å². The third kappa shape index (κ3) is 4.16. The second-order valence-corrected chi connectivity index (χ2v) is 4.91. The fraction of sp³-hybridized carbons (Fsp3) is 0.133. The van der Waals surface area contributed by atoms with Gasteiger partial charge < -0.3 is 15.7 Å². The molecule has 2 rings (SSSR count). The van der Waals surface area contributed by atoms with E-state index in [4.69, 9.17) is 16.7 Å². The van der Waals surface area contributed by atoms with Gasteiger partial charge in [0, 0.05) is 6.07 Å². The van der Waals surface area contributed by atoms with Crippen molar-refractivity contribution in [2.24, 2.45) is 0 Å². The molecule has 0 fully saturated rings. The number of carbonyl (C=O) groups excluding carboxylic acids is 1. The molecule has 7 heteroatoms. The number of nitrogens with one attached hydrogen (secondary N) is 2. The molecule has 2 aromatic rings. The van der Waals surface area contributed by atoms with Crippen LogP contribution in [-0.4, -0.2) is 17.6 Å². The monoisotopic (exact) mass is 326 g/mol. The van der Waals surface area contributed by atoms with Gasteiger partial charge in [0.25, 0.3) is 0 Å². The van der Waals surface area contributed by atoms with Crippen LogP contribution in [0.15, 0.2) is 36.4 Å². The number of benzene rings is 2. The highest BCUT2D eigenvalue weighted by atomic mass is 35.5. The molecule has 0 radical (unpaired) electrons. The number of hydrogen-bond acceptors (Lipinski definition) is 3. The molecule has 0 saturated heterocycles. The summed E-state index contributed by atoms with van der Waals surface area (Å²) in [5, 5.41) is 14.5. The van der Waals surface area contributed by atoms with Gasteiger partial charge in [-0.2, -0.15) is 0 Å². The molecule has 116 valence electrons. The Morgan fingerprint density at radius 3 is 2.64 bits per heavy atom. The summed E-state index contributed by atoms with van der Waals surface area (Å²) in [5.41, 5.74) is 0.855. The Bertz CT molecular complexity index is 695. The van der Waals surface area contributed by atoms with Gasteiger partial charge in [-0.1, -0.05) is 17.7 Å². The third-order valence-corrected chi connectivity index (χ3v) is 3.18. The summed E-state index contributed by atoms with van der Waals surface area (Å²) in [5.74, 6) is -1.94. The second-order valence-electron chi connectivity index (χ2n) is 4.50. The highest BCUT2D eigenvalue weighted by molar-refractivity contribution is 6.33. The van der Waals surface area contributed by atoms with Gasteiger partial charge in [0.15, 0.2) is 0 Å². The molecule has 0 aromatic heterocycles. The third-order valence-electron chi connectivity index (χ3n) is 2.86.